The normalized spacial score (nSPS) is 16.0. The van der Waals surface area contributed by atoms with Gasteiger partial charge in [-0.15, -0.1) is 0 Å². The van der Waals surface area contributed by atoms with Crippen LogP contribution in [0.1, 0.15) is 31.2 Å². The first-order valence-electron chi connectivity index (χ1n) is 8.36. The van der Waals surface area contributed by atoms with E-state index in [-0.39, 0.29) is 17.9 Å². The van der Waals surface area contributed by atoms with Crippen LogP contribution in [0.15, 0.2) is 49.1 Å². The van der Waals surface area contributed by atoms with Crippen molar-refractivity contribution in [2.75, 3.05) is 13.2 Å². The molecule has 0 radical (unpaired) electrons. The Morgan fingerprint density at radius 2 is 2.12 bits per heavy atom. The maximum atomic E-state index is 12.0. The van der Waals surface area contributed by atoms with Gasteiger partial charge >= 0.3 is 0 Å². The molecule has 0 spiro atoms. The number of hydrogen-bond acceptors (Lipinski definition) is 3. The number of carbonyl (C=O) groups excluding carboxylic acids is 1. The number of aliphatic hydroxyl groups excluding tert-OH is 1. The van der Waals surface area contributed by atoms with E-state index in [4.69, 9.17) is 5.11 Å². The summed E-state index contributed by atoms with van der Waals surface area (Å²) in [6.07, 6.45) is 12.9. The molecule has 2 aromatic rings. The first-order chi connectivity index (χ1) is 11.7. The first-order valence-corrected chi connectivity index (χ1v) is 8.36. The van der Waals surface area contributed by atoms with Gasteiger partial charge in [0.2, 0.25) is 5.91 Å². The van der Waals surface area contributed by atoms with E-state index in [0.29, 0.717) is 6.54 Å². The molecule has 0 bridgehead atoms. The zero-order valence-electron chi connectivity index (χ0n) is 13.7. The van der Waals surface area contributed by atoms with Crippen LogP contribution in [0.2, 0.25) is 0 Å². The molecule has 1 aliphatic rings. The molecule has 5 nitrogen and oxygen atoms in total. The molecule has 1 fully saturated rings. The molecule has 0 saturated heterocycles. The maximum absolute atomic E-state index is 12.0. The minimum atomic E-state index is -0.0853. The number of nitrogens with one attached hydrogen (secondary N) is 1. The lowest BCUT2D eigenvalue weighted by Gasteiger charge is -2.41. The van der Waals surface area contributed by atoms with E-state index in [0.717, 1.165) is 30.5 Å². The van der Waals surface area contributed by atoms with E-state index < -0.39 is 0 Å². The zero-order chi connectivity index (χ0) is 16.8. The minimum absolute atomic E-state index is 0.0853. The highest BCUT2D eigenvalue weighted by Crippen LogP contribution is 2.43. The first kappa shape index (κ1) is 16.5. The molecule has 126 valence electrons. The summed E-state index contributed by atoms with van der Waals surface area (Å²) in [5, 5.41) is 12.1. The molecule has 1 heterocycles. The second kappa shape index (κ2) is 7.45. The van der Waals surface area contributed by atoms with Crippen LogP contribution in [-0.4, -0.2) is 33.7 Å². The maximum Gasteiger partial charge on any atom is 0.244 e. The largest absolute Gasteiger partial charge is 0.396 e. The number of benzene rings is 1. The number of amides is 1. The van der Waals surface area contributed by atoms with Crippen molar-refractivity contribution in [3.05, 3.63) is 54.6 Å². The van der Waals surface area contributed by atoms with Crippen LogP contribution in [0.25, 0.3) is 11.8 Å². The summed E-state index contributed by atoms with van der Waals surface area (Å²) in [5.74, 6) is -0.0853. The zero-order valence-corrected chi connectivity index (χ0v) is 13.7. The van der Waals surface area contributed by atoms with Crippen molar-refractivity contribution >= 4 is 12.0 Å². The van der Waals surface area contributed by atoms with Crippen LogP contribution in [0.5, 0.6) is 0 Å². The van der Waals surface area contributed by atoms with Gasteiger partial charge in [0, 0.05) is 37.3 Å². The van der Waals surface area contributed by atoms with Gasteiger partial charge in [-0.3, -0.25) is 4.79 Å². The summed E-state index contributed by atoms with van der Waals surface area (Å²) in [4.78, 5) is 16.0. The fourth-order valence-corrected chi connectivity index (χ4v) is 3.10. The SMILES string of the molecule is O=C(/C=C/c1ccc(-n2ccnc2)cc1)NCC1(CCO)CCC1. The standard InChI is InChI=1S/C19H23N3O2/c23-13-10-19(8-1-9-19)14-21-18(24)7-4-16-2-5-17(6-3-16)22-12-11-20-15-22/h2-7,11-12,15,23H,1,8-10,13-14H2,(H,21,24)/b7-4+. The Labute approximate surface area is 142 Å². The Morgan fingerprint density at radius 3 is 2.71 bits per heavy atom. The van der Waals surface area contributed by atoms with Gasteiger partial charge in [-0.1, -0.05) is 18.6 Å². The van der Waals surface area contributed by atoms with E-state index in [2.05, 4.69) is 10.3 Å². The number of nitrogens with zero attached hydrogens (tertiary/aromatic N) is 2. The highest BCUT2D eigenvalue weighted by molar-refractivity contribution is 5.91. The molecule has 0 unspecified atom stereocenters. The quantitative estimate of drug-likeness (QED) is 0.769. The van der Waals surface area contributed by atoms with Crippen molar-refractivity contribution in [1.82, 2.24) is 14.9 Å². The molecule has 1 aliphatic carbocycles. The summed E-state index contributed by atoms with van der Waals surface area (Å²) in [6, 6.07) is 7.92. The van der Waals surface area contributed by atoms with Gasteiger partial charge in [0.05, 0.1) is 6.33 Å². The smallest absolute Gasteiger partial charge is 0.244 e. The molecule has 2 N–H and O–H groups in total. The van der Waals surface area contributed by atoms with E-state index >= 15 is 0 Å². The summed E-state index contributed by atoms with van der Waals surface area (Å²) in [7, 11) is 0. The number of rotatable bonds is 7. The lowest BCUT2D eigenvalue weighted by molar-refractivity contribution is -0.117. The Morgan fingerprint density at radius 1 is 1.33 bits per heavy atom. The fraction of sp³-hybridized carbons (Fsp3) is 0.368. The molecule has 1 saturated carbocycles. The summed E-state index contributed by atoms with van der Waals surface area (Å²) in [6.45, 7) is 0.839. The van der Waals surface area contributed by atoms with Crippen LogP contribution in [-0.2, 0) is 4.79 Å². The average molecular weight is 325 g/mol. The molecule has 0 aliphatic heterocycles. The van der Waals surface area contributed by atoms with Crippen LogP contribution in [0, 0.1) is 5.41 Å². The molecule has 3 rings (SSSR count). The molecule has 0 atom stereocenters. The van der Waals surface area contributed by atoms with Gasteiger partial charge in [-0.2, -0.15) is 0 Å². The van der Waals surface area contributed by atoms with E-state index in [9.17, 15) is 4.79 Å². The highest BCUT2D eigenvalue weighted by atomic mass is 16.3. The van der Waals surface area contributed by atoms with Gasteiger partial charge in [0.25, 0.3) is 0 Å². The number of aliphatic hydroxyl groups is 1. The third kappa shape index (κ3) is 3.92. The van der Waals surface area contributed by atoms with Gasteiger partial charge in [0.1, 0.15) is 0 Å². The van der Waals surface area contributed by atoms with Crippen molar-refractivity contribution in [1.29, 1.82) is 0 Å². The Hall–Kier alpha value is -2.40. The van der Waals surface area contributed by atoms with E-state index in [1.165, 1.54) is 6.42 Å². The van der Waals surface area contributed by atoms with Gasteiger partial charge in [0.15, 0.2) is 0 Å². The number of imidazole rings is 1. The summed E-state index contributed by atoms with van der Waals surface area (Å²) in [5.41, 5.74) is 2.12. The van der Waals surface area contributed by atoms with Crippen molar-refractivity contribution < 1.29 is 9.90 Å². The summed E-state index contributed by atoms with van der Waals surface area (Å²) >= 11 is 0. The predicted molar refractivity (Wildman–Crippen MR) is 93.6 cm³/mol. The average Bonchev–Trinajstić information content (AvgIpc) is 3.10. The Bertz CT molecular complexity index is 686. The van der Waals surface area contributed by atoms with Crippen LogP contribution in [0.3, 0.4) is 0 Å². The third-order valence-corrected chi connectivity index (χ3v) is 4.82. The van der Waals surface area contributed by atoms with Crippen LogP contribution >= 0.6 is 0 Å². The number of hydrogen-bond donors (Lipinski definition) is 2. The minimum Gasteiger partial charge on any atom is -0.396 e. The second-order valence-corrected chi connectivity index (χ2v) is 6.44. The fourth-order valence-electron chi connectivity index (χ4n) is 3.10. The highest BCUT2D eigenvalue weighted by Gasteiger charge is 2.36. The Kier molecular flexibility index (Phi) is 5.11. The lowest BCUT2D eigenvalue weighted by Crippen LogP contribution is -2.42. The second-order valence-electron chi connectivity index (χ2n) is 6.44. The van der Waals surface area contributed by atoms with E-state index in [1.54, 1.807) is 18.6 Å². The molecule has 1 aromatic carbocycles. The lowest BCUT2D eigenvalue weighted by atomic mass is 9.67. The molecular formula is C19H23N3O2. The summed E-state index contributed by atoms with van der Waals surface area (Å²) < 4.78 is 1.93. The van der Waals surface area contributed by atoms with Crippen LogP contribution in [0.4, 0.5) is 0 Å². The number of carbonyl (C=O) groups is 1. The van der Waals surface area contributed by atoms with Crippen molar-refractivity contribution in [2.45, 2.75) is 25.7 Å². The van der Waals surface area contributed by atoms with Gasteiger partial charge in [-0.05, 0) is 48.4 Å². The van der Waals surface area contributed by atoms with Crippen molar-refractivity contribution in [3.8, 4) is 5.69 Å². The third-order valence-electron chi connectivity index (χ3n) is 4.82. The van der Waals surface area contributed by atoms with Gasteiger partial charge in [-0.25, -0.2) is 4.98 Å². The van der Waals surface area contributed by atoms with Crippen molar-refractivity contribution in [3.63, 3.8) is 0 Å². The topological polar surface area (TPSA) is 67.2 Å². The predicted octanol–water partition coefficient (Wildman–Crippen LogP) is 2.55. The van der Waals surface area contributed by atoms with Gasteiger partial charge < -0.3 is 15.0 Å². The van der Waals surface area contributed by atoms with E-state index in [1.807, 2.05) is 41.1 Å². The Balaban J connectivity index is 1.52. The molecular weight excluding hydrogens is 302 g/mol. The van der Waals surface area contributed by atoms with Crippen molar-refractivity contribution in [2.24, 2.45) is 5.41 Å². The molecule has 5 heteroatoms. The number of aromatic nitrogens is 2. The molecule has 1 amide bonds. The monoisotopic (exact) mass is 325 g/mol. The molecule has 1 aromatic heterocycles. The van der Waals surface area contributed by atoms with Crippen LogP contribution < -0.4 is 5.32 Å². The molecule has 24 heavy (non-hydrogen) atoms.